The molecule has 0 saturated heterocycles. The molecule has 0 aliphatic heterocycles. The number of aromatic nitrogens is 1. The molecule has 2 nitrogen and oxygen atoms in total. The smallest absolute Gasteiger partial charge is 0.164 e. The lowest BCUT2D eigenvalue weighted by molar-refractivity contribution is 0.0988. The quantitative estimate of drug-likeness (QED) is 0.658. The number of aryl methyl sites for hydroxylation is 1. The Hall–Kier alpha value is -1.05. The molecule has 2 heteroatoms. The van der Waals surface area contributed by atoms with Crippen LogP contribution in [0.4, 0.5) is 0 Å². The first-order valence-electron chi connectivity index (χ1n) is 5.32. The zero-order chi connectivity index (χ0) is 10.6. The van der Waals surface area contributed by atoms with Crippen molar-refractivity contribution in [1.29, 1.82) is 0 Å². The Morgan fingerprint density at radius 2 is 2.21 bits per heavy atom. The minimum atomic E-state index is 0.230. The summed E-state index contributed by atoms with van der Waals surface area (Å²) >= 11 is 0. The van der Waals surface area contributed by atoms with Gasteiger partial charge in [-0.2, -0.15) is 0 Å². The maximum Gasteiger partial charge on any atom is 0.164 e. The lowest BCUT2D eigenvalue weighted by atomic mass is 10.1. The summed E-state index contributed by atoms with van der Waals surface area (Å²) in [5.41, 5.74) is 0.844. The van der Waals surface area contributed by atoms with Crippen LogP contribution in [-0.2, 0) is 6.54 Å². The summed E-state index contributed by atoms with van der Waals surface area (Å²) in [5.74, 6) is 0.941. The Balaban J connectivity index is 2.55. The molecule has 0 aromatic carbocycles. The molecule has 0 radical (unpaired) electrons. The Labute approximate surface area is 85.9 Å². The van der Waals surface area contributed by atoms with E-state index < -0.39 is 0 Å². The van der Waals surface area contributed by atoms with Gasteiger partial charge in [-0.05, 0) is 18.4 Å². The zero-order valence-electron chi connectivity index (χ0n) is 9.29. The summed E-state index contributed by atoms with van der Waals surface area (Å²) < 4.78 is 2.10. The van der Waals surface area contributed by atoms with E-state index in [0.717, 1.165) is 18.5 Å². The third kappa shape index (κ3) is 3.02. The van der Waals surface area contributed by atoms with E-state index in [4.69, 9.17) is 0 Å². The lowest BCUT2D eigenvalue weighted by Crippen LogP contribution is -1.99. The second-order valence-electron chi connectivity index (χ2n) is 4.10. The fourth-order valence-corrected chi connectivity index (χ4v) is 1.36. The van der Waals surface area contributed by atoms with Crippen molar-refractivity contribution in [2.24, 2.45) is 5.92 Å². The number of rotatable bonds is 5. The van der Waals surface area contributed by atoms with Crippen molar-refractivity contribution in [3.63, 3.8) is 0 Å². The molecule has 0 fully saturated rings. The lowest BCUT2D eigenvalue weighted by Gasteiger charge is -2.04. The van der Waals surface area contributed by atoms with Crippen molar-refractivity contribution < 1.29 is 4.79 Å². The Morgan fingerprint density at radius 1 is 1.50 bits per heavy atom. The van der Waals surface area contributed by atoms with Crippen LogP contribution in [0.1, 0.15) is 44.0 Å². The first-order valence-corrected chi connectivity index (χ1v) is 5.32. The van der Waals surface area contributed by atoms with Crippen LogP contribution in [0.2, 0.25) is 0 Å². The van der Waals surface area contributed by atoms with Crippen LogP contribution in [0.3, 0.4) is 0 Å². The van der Waals surface area contributed by atoms with E-state index >= 15 is 0 Å². The van der Waals surface area contributed by atoms with Gasteiger partial charge in [0.25, 0.3) is 0 Å². The molecule has 0 N–H and O–H groups in total. The molecule has 0 aliphatic carbocycles. The highest BCUT2D eigenvalue weighted by molar-refractivity contribution is 5.95. The van der Waals surface area contributed by atoms with Gasteiger partial charge < -0.3 is 4.57 Å². The van der Waals surface area contributed by atoms with Crippen molar-refractivity contribution >= 4 is 5.78 Å². The third-order valence-electron chi connectivity index (χ3n) is 2.36. The van der Waals surface area contributed by atoms with Gasteiger partial charge in [-0.3, -0.25) is 4.79 Å². The van der Waals surface area contributed by atoms with Gasteiger partial charge in [0.1, 0.15) is 0 Å². The van der Waals surface area contributed by atoms with Crippen LogP contribution < -0.4 is 0 Å². The average Bonchev–Trinajstić information content (AvgIpc) is 2.62. The highest BCUT2D eigenvalue weighted by Crippen LogP contribution is 2.07. The van der Waals surface area contributed by atoms with Crippen LogP contribution >= 0.6 is 0 Å². The van der Waals surface area contributed by atoms with E-state index in [2.05, 4.69) is 18.4 Å². The highest BCUT2D eigenvalue weighted by Gasteiger charge is 2.04. The Kier molecular flexibility index (Phi) is 3.93. The van der Waals surface area contributed by atoms with Gasteiger partial charge in [0.15, 0.2) is 5.78 Å². The van der Waals surface area contributed by atoms with Crippen LogP contribution in [0.25, 0.3) is 0 Å². The fourth-order valence-electron chi connectivity index (χ4n) is 1.36. The summed E-state index contributed by atoms with van der Waals surface area (Å²) in [6.07, 6.45) is 5.70. The maximum atomic E-state index is 11.4. The molecule has 0 atom stereocenters. The van der Waals surface area contributed by atoms with Crippen molar-refractivity contribution in [3.05, 3.63) is 24.0 Å². The molecule has 1 rings (SSSR count). The molecule has 0 saturated carbocycles. The molecular formula is C12H19NO. The van der Waals surface area contributed by atoms with Crippen molar-refractivity contribution in [3.8, 4) is 0 Å². The van der Waals surface area contributed by atoms with Crippen molar-refractivity contribution in [1.82, 2.24) is 4.57 Å². The predicted molar refractivity (Wildman–Crippen MR) is 58.5 cm³/mol. The number of hydrogen-bond donors (Lipinski definition) is 0. The number of Topliss-reactive ketones (excluding diaryl/α,β-unsaturated/α-hetero) is 1. The molecule has 0 bridgehead atoms. The Bertz CT molecular complexity index is 299. The molecular weight excluding hydrogens is 174 g/mol. The average molecular weight is 193 g/mol. The van der Waals surface area contributed by atoms with Gasteiger partial charge in [0.05, 0.1) is 0 Å². The first-order chi connectivity index (χ1) is 6.63. The summed E-state index contributed by atoms with van der Waals surface area (Å²) in [6, 6.07) is 1.91. The summed E-state index contributed by atoms with van der Waals surface area (Å²) in [7, 11) is 0. The number of nitrogens with zero attached hydrogens (tertiary/aromatic N) is 1. The molecule has 0 spiro atoms. The largest absolute Gasteiger partial charge is 0.353 e. The molecule has 78 valence electrons. The summed E-state index contributed by atoms with van der Waals surface area (Å²) in [5, 5.41) is 0. The standard InChI is InChI=1S/C12H19NO/c1-4-12(14)11-6-8-13(9-11)7-5-10(2)3/h6,8-10H,4-5,7H2,1-3H3. The normalized spacial score (nSPS) is 10.9. The first kappa shape index (κ1) is 11.0. The van der Waals surface area contributed by atoms with Gasteiger partial charge in [-0.25, -0.2) is 0 Å². The van der Waals surface area contributed by atoms with Gasteiger partial charge >= 0.3 is 0 Å². The molecule has 1 aromatic rings. The number of carbonyl (C=O) groups is 1. The van der Waals surface area contributed by atoms with Crippen LogP contribution in [0.15, 0.2) is 18.5 Å². The molecule has 0 aliphatic rings. The number of carbonyl (C=O) groups excluding carboxylic acids is 1. The number of ketones is 1. The minimum absolute atomic E-state index is 0.230. The van der Waals surface area contributed by atoms with Crippen LogP contribution in [0.5, 0.6) is 0 Å². The number of hydrogen-bond acceptors (Lipinski definition) is 1. The Morgan fingerprint density at radius 3 is 2.79 bits per heavy atom. The van der Waals surface area contributed by atoms with E-state index in [1.807, 2.05) is 25.4 Å². The molecule has 1 heterocycles. The molecule has 14 heavy (non-hydrogen) atoms. The zero-order valence-corrected chi connectivity index (χ0v) is 9.29. The molecule has 0 unspecified atom stereocenters. The third-order valence-corrected chi connectivity index (χ3v) is 2.36. The molecule has 0 amide bonds. The van der Waals surface area contributed by atoms with Crippen LogP contribution in [-0.4, -0.2) is 10.4 Å². The minimum Gasteiger partial charge on any atom is -0.353 e. The van der Waals surface area contributed by atoms with E-state index in [1.165, 1.54) is 0 Å². The topological polar surface area (TPSA) is 22.0 Å². The highest BCUT2D eigenvalue weighted by atomic mass is 16.1. The summed E-state index contributed by atoms with van der Waals surface area (Å²) in [4.78, 5) is 11.4. The van der Waals surface area contributed by atoms with Crippen LogP contribution in [0, 0.1) is 5.92 Å². The van der Waals surface area contributed by atoms with Gasteiger partial charge in [-0.15, -0.1) is 0 Å². The van der Waals surface area contributed by atoms with E-state index in [0.29, 0.717) is 12.3 Å². The van der Waals surface area contributed by atoms with Crippen molar-refractivity contribution in [2.75, 3.05) is 0 Å². The van der Waals surface area contributed by atoms with Gasteiger partial charge in [0, 0.05) is 30.9 Å². The SMILES string of the molecule is CCC(=O)c1ccn(CCC(C)C)c1. The predicted octanol–water partition coefficient (Wildman–Crippen LogP) is 3.13. The maximum absolute atomic E-state index is 11.4. The fraction of sp³-hybridized carbons (Fsp3) is 0.583. The van der Waals surface area contributed by atoms with E-state index in [1.54, 1.807) is 0 Å². The van der Waals surface area contributed by atoms with Gasteiger partial charge in [0.2, 0.25) is 0 Å². The van der Waals surface area contributed by atoms with Gasteiger partial charge in [-0.1, -0.05) is 20.8 Å². The monoisotopic (exact) mass is 193 g/mol. The summed E-state index contributed by atoms with van der Waals surface area (Å²) in [6.45, 7) is 7.33. The second-order valence-corrected chi connectivity index (χ2v) is 4.10. The van der Waals surface area contributed by atoms with E-state index in [9.17, 15) is 4.79 Å². The second kappa shape index (κ2) is 4.99. The van der Waals surface area contributed by atoms with E-state index in [-0.39, 0.29) is 5.78 Å². The van der Waals surface area contributed by atoms with Crippen molar-refractivity contribution in [2.45, 2.75) is 40.2 Å². The molecule has 1 aromatic heterocycles.